The average molecular weight is 181 g/mol. The Labute approximate surface area is 77.3 Å². The topological polar surface area (TPSA) is 35.2 Å². The van der Waals surface area contributed by atoms with Gasteiger partial charge in [0.2, 0.25) is 0 Å². The van der Waals surface area contributed by atoms with Crippen molar-refractivity contribution < 1.29 is 4.74 Å². The second-order valence-corrected chi connectivity index (χ2v) is 2.96. The summed E-state index contributed by atoms with van der Waals surface area (Å²) < 4.78 is 5.17. The van der Waals surface area contributed by atoms with E-state index >= 15 is 0 Å². The SMILES string of the molecule is COc1c(C)cccc1C(N)=S. The van der Waals surface area contributed by atoms with Gasteiger partial charge in [-0.1, -0.05) is 24.4 Å². The fourth-order valence-electron chi connectivity index (χ4n) is 1.12. The average Bonchev–Trinajstić information content (AvgIpc) is 2.03. The van der Waals surface area contributed by atoms with Crippen molar-refractivity contribution >= 4 is 17.2 Å². The van der Waals surface area contributed by atoms with E-state index in [0.29, 0.717) is 4.99 Å². The molecule has 0 atom stereocenters. The van der Waals surface area contributed by atoms with Crippen molar-refractivity contribution in [3.05, 3.63) is 29.3 Å². The lowest BCUT2D eigenvalue weighted by Gasteiger charge is -2.08. The van der Waals surface area contributed by atoms with Crippen LogP contribution in [0.4, 0.5) is 0 Å². The summed E-state index contributed by atoms with van der Waals surface area (Å²) in [5.41, 5.74) is 7.35. The quantitative estimate of drug-likeness (QED) is 0.704. The number of nitrogens with two attached hydrogens (primary N) is 1. The highest BCUT2D eigenvalue weighted by molar-refractivity contribution is 7.80. The molecule has 0 aliphatic carbocycles. The largest absolute Gasteiger partial charge is 0.496 e. The minimum Gasteiger partial charge on any atom is -0.496 e. The first-order chi connectivity index (χ1) is 5.66. The van der Waals surface area contributed by atoms with Gasteiger partial charge < -0.3 is 10.5 Å². The minimum atomic E-state index is 0.371. The normalized spacial score (nSPS) is 9.50. The maximum Gasteiger partial charge on any atom is 0.131 e. The molecule has 1 rings (SSSR count). The van der Waals surface area contributed by atoms with E-state index in [0.717, 1.165) is 16.9 Å². The molecule has 3 heteroatoms. The van der Waals surface area contributed by atoms with E-state index in [9.17, 15) is 0 Å². The molecule has 0 aliphatic rings. The molecule has 0 saturated heterocycles. The number of methoxy groups -OCH3 is 1. The molecule has 0 bridgehead atoms. The number of ether oxygens (including phenoxy) is 1. The second kappa shape index (κ2) is 3.54. The maximum atomic E-state index is 5.51. The van der Waals surface area contributed by atoms with Crippen molar-refractivity contribution in [3.8, 4) is 5.75 Å². The lowest BCUT2D eigenvalue weighted by atomic mass is 10.1. The van der Waals surface area contributed by atoms with Gasteiger partial charge in [0.15, 0.2) is 0 Å². The van der Waals surface area contributed by atoms with Gasteiger partial charge in [0, 0.05) is 0 Å². The zero-order chi connectivity index (χ0) is 9.14. The van der Waals surface area contributed by atoms with E-state index < -0.39 is 0 Å². The van der Waals surface area contributed by atoms with Crippen LogP contribution < -0.4 is 10.5 Å². The summed E-state index contributed by atoms with van der Waals surface area (Å²) in [5.74, 6) is 0.769. The molecule has 12 heavy (non-hydrogen) atoms. The number of hydrogen-bond donors (Lipinski definition) is 1. The number of benzene rings is 1. The Bertz CT molecular complexity index is 309. The van der Waals surface area contributed by atoms with Crippen molar-refractivity contribution in [2.45, 2.75) is 6.92 Å². The predicted molar refractivity (Wildman–Crippen MR) is 53.6 cm³/mol. The van der Waals surface area contributed by atoms with Crippen LogP contribution in [-0.2, 0) is 0 Å². The Hall–Kier alpha value is -1.09. The molecular weight excluding hydrogens is 170 g/mol. The fourth-order valence-corrected chi connectivity index (χ4v) is 1.28. The molecule has 0 unspecified atom stereocenters. The Balaban J connectivity index is 3.27. The van der Waals surface area contributed by atoms with Gasteiger partial charge in [0.25, 0.3) is 0 Å². The third-order valence-electron chi connectivity index (χ3n) is 1.68. The summed E-state index contributed by atoms with van der Waals surface area (Å²) >= 11 is 4.87. The van der Waals surface area contributed by atoms with Crippen molar-refractivity contribution in [1.82, 2.24) is 0 Å². The molecule has 0 radical (unpaired) electrons. The molecule has 0 saturated carbocycles. The molecule has 2 N–H and O–H groups in total. The second-order valence-electron chi connectivity index (χ2n) is 2.52. The van der Waals surface area contributed by atoms with Crippen LogP contribution in [0.15, 0.2) is 18.2 Å². The van der Waals surface area contributed by atoms with Crippen LogP contribution in [-0.4, -0.2) is 12.1 Å². The Morgan fingerprint density at radius 2 is 2.17 bits per heavy atom. The van der Waals surface area contributed by atoms with Crippen molar-refractivity contribution in [2.75, 3.05) is 7.11 Å². The maximum absolute atomic E-state index is 5.51. The van der Waals surface area contributed by atoms with Gasteiger partial charge in [-0.25, -0.2) is 0 Å². The van der Waals surface area contributed by atoms with E-state index in [2.05, 4.69) is 0 Å². The van der Waals surface area contributed by atoms with Crippen LogP contribution in [0, 0.1) is 6.92 Å². The zero-order valence-corrected chi connectivity index (χ0v) is 7.94. The predicted octanol–water partition coefficient (Wildman–Crippen LogP) is 1.64. The van der Waals surface area contributed by atoms with Crippen LogP contribution in [0.5, 0.6) is 5.75 Å². The third kappa shape index (κ3) is 1.56. The lowest BCUT2D eigenvalue weighted by Crippen LogP contribution is -2.11. The van der Waals surface area contributed by atoms with Crippen molar-refractivity contribution in [2.24, 2.45) is 5.73 Å². The lowest BCUT2D eigenvalue weighted by molar-refractivity contribution is 0.411. The van der Waals surface area contributed by atoms with Gasteiger partial charge >= 0.3 is 0 Å². The van der Waals surface area contributed by atoms with Crippen LogP contribution in [0.25, 0.3) is 0 Å². The summed E-state index contributed by atoms with van der Waals surface area (Å²) in [4.78, 5) is 0.371. The van der Waals surface area contributed by atoms with Crippen LogP contribution in [0.2, 0.25) is 0 Å². The Kier molecular flexibility index (Phi) is 2.65. The Morgan fingerprint density at radius 3 is 2.58 bits per heavy atom. The molecule has 2 nitrogen and oxygen atoms in total. The number of thiocarbonyl (C=S) groups is 1. The van der Waals surface area contributed by atoms with Gasteiger partial charge in [0.05, 0.1) is 12.7 Å². The van der Waals surface area contributed by atoms with Gasteiger partial charge in [-0.15, -0.1) is 0 Å². The summed E-state index contributed by atoms with van der Waals surface area (Å²) in [6.45, 7) is 1.96. The molecule has 0 spiro atoms. The summed E-state index contributed by atoms with van der Waals surface area (Å²) in [6, 6.07) is 5.72. The van der Waals surface area contributed by atoms with Gasteiger partial charge in [0.1, 0.15) is 10.7 Å². The fraction of sp³-hybridized carbons (Fsp3) is 0.222. The van der Waals surface area contributed by atoms with Crippen LogP contribution in [0.1, 0.15) is 11.1 Å². The highest BCUT2D eigenvalue weighted by Gasteiger charge is 2.06. The van der Waals surface area contributed by atoms with Crippen molar-refractivity contribution in [3.63, 3.8) is 0 Å². The van der Waals surface area contributed by atoms with E-state index in [1.807, 2.05) is 25.1 Å². The third-order valence-corrected chi connectivity index (χ3v) is 1.90. The summed E-state index contributed by atoms with van der Waals surface area (Å²) in [5, 5.41) is 0. The summed E-state index contributed by atoms with van der Waals surface area (Å²) in [6.07, 6.45) is 0. The standard InChI is InChI=1S/C9H11NOS/c1-6-4-3-5-7(9(10)12)8(6)11-2/h3-5H,1-2H3,(H2,10,12). The highest BCUT2D eigenvalue weighted by atomic mass is 32.1. The Morgan fingerprint density at radius 1 is 1.50 bits per heavy atom. The van der Waals surface area contributed by atoms with E-state index in [-0.39, 0.29) is 0 Å². The van der Waals surface area contributed by atoms with Gasteiger partial charge in [-0.3, -0.25) is 0 Å². The van der Waals surface area contributed by atoms with Gasteiger partial charge in [-0.2, -0.15) is 0 Å². The molecule has 64 valence electrons. The van der Waals surface area contributed by atoms with E-state index in [4.69, 9.17) is 22.7 Å². The molecular formula is C9H11NOS. The monoisotopic (exact) mass is 181 g/mol. The van der Waals surface area contributed by atoms with Crippen molar-refractivity contribution in [1.29, 1.82) is 0 Å². The zero-order valence-electron chi connectivity index (χ0n) is 7.13. The first-order valence-electron chi connectivity index (χ1n) is 3.60. The molecule has 1 aromatic rings. The minimum absolute atomic E-state index is 0.371. The van der Waals surface area contributed by atoms with E-state index in [1.165, 1.54) is 0 Å². The molecule has 0 heterocycles. The number of hydrogen-bond acceptors (Lipinski definition) is 2. The first-order valence-corrected chi connectivity index (χ1v) is 4.01. The first kappa shape index (κ1) is 9.00. The summed E-state index contributed by atoms with van der Waals surface area (Å²) in [7, 11) is 1.62. The molecule has 1 aromatic carbocycles. The molecule has 0 amide bonds. The van der Waals surface area contributed by atoms with E-state index in [1.54, 1.807) is 7.11 Å². The van der Waals surface area contributed by atoms with Crippen LogP contribution in [0.3, 0.4) is 0 Å². The number of rotatable bonds is 2. The number of aryl methyl sites for hydroxylation is 1. The molecule has 0 fully saturated rings. The smallest absolute Gasteiger partial charge is 0.131 e. The molecule has 0 aliphatic heterocycles. The number of para-hydroxylation sites is 1. The van der Waals surface area contributed by atoms with Gasteiger partial charge in [-0.05, 0) is 18.6 Å². The van der Waals surface area contributed by atoms with Crippen LogP contribution >= 0.6 is 12.2 Å². The molecule has 0 aromatic heterocycles. The highest BCUT2D eigenvalue weighted by Crippen LogP contribution is 2.22.